The van der Waals surface area contributed by atoms with Gasteiger partial charge in [-0.15, -0.1) is 24.8 Å². The van der Waals surface area contributed by atoms with E-state index < -0.39 is 5.41 Å². The maximum atomic E-state index is 12.5. The smallest absolute Gasteiger partial charge is 0.227 e. The predicted molar refractivity (Wildman–Crippen MR) is 93.1 cm³/mol. The first-order valence-corrected chi connectivity index (χ1v) is 7.21. The second-order valence-electron chi connectivity index (χ2n) is 5.51. The average molecular weight is 361 g/mol. The summed E-state index contributed by atoms with van der Waals surface area (Å²) in [7, 11) is 0. The lowest BCUT2D eigenvalue weighted by Crippen LogP contribution is -2.48. The molecule has 6 nitrogen and oxygen atoms in total. The summed E-state index contributed by atoms with van der Waals surface area (Å²) in [5, 5.41) is 3.01. The van der Waals surface area contributed by atoms with Gasteiger partial charge in [-0.2, -0.15) is 0 Å². The Morgan fingerprint density at radius 2 is 2.09 bits per heavy atom. The average Bonchev–Trinajstić information content (AvgIpc) is 3.00. The van der Waals surface area contributed by atoms with Crippen LogP contribution >= 0.6 is 24.8 Å². The molecule has 0 aliphatic carbocycles. The molecule has 1 aliphatic rings. The molecule has 1 saturated heterocycles. The van der Waals surface area contributed by atoms with E-state index in [0.717, 1.165) is 11.2 Å². The molecule has 0 saturated carbocycles. The van der Waals surface area contributed by atoms with Crippen molar-refractivity contribution in [2.45, 2.75) is 19.4 Å². The van der Waals surface area contributed by atoms with E-state index in [1.807, 2.05) is 28.9 Å². The minimum atomic E-state index is -0.477. The van der Waals surface area contributed by atoms with Crippen LogP contribution in [0.3, 0.4) is 0 Å². The van der Waals surface area contributed by atoms with Crippen LogP contribution in [-0.4, -0.2) is 35.1 Å². The number of halogens is 2. The fraction of sp³-hybridized carbons (Fsp3) is 0.467. The zero-order valence-electron chi connectivity index (χ0n) is 12.7. The van der Waals surface area contributed by atoms with Crippen molar-refractivity contribution in [2.24, 2.45) is 11.1 Å². The summed E-state index contributed by atoms with van der Waals surface area (Å²) in [6, 6.07) is 3.95. The molecule has 2 aromatic heterocycles. The Kier molecular flexibility index (Phi) is 7.28. The molecule has 23 heavy (non-hydrogen) atoms. The summed E-state index contributed by atoms with van der Waals surface area (Å²) in [6.45, 7) is 2.06. The molecule has 1 amide bonds. The van der Waals surface area contributed by atoms with Crippen LogP contribution in [0.15, 0.2) is 30.7 Å². The molecule has 3 N–H and O–H groups in total. The Bertz CT molecular complexity index is 641. The highest BCUT2D eigenvalue weighted by Gasteiger charge is 2.38. The number of imidazole rings is 1. The van der Waals surface area contributed by atoms with Crippen LogP contribution in [0.1, 0.15) is 18.4 Å². The van der Waals surface area contributed by atoms with Gasteiger partial charge in [0, 0.05) is 44.9 Å². The second kappa shape index (κ2) is 8.49. The fourth-order valence-corrected chi connectivity index (χ4v) is 2.72. The van der Waals surface area contributed by atoms with Gasteiger partial charge in [0.05, 0.1) is 5.41 Å². The molecule has 1 aliphatic heterocycles. The molecule has 8 heteroatoms. The van der Waals surface area contributed by atoms with E-state index in [9.17, 15) is 4.79 Å². The SMILES string of the molecule is Cl.Cl.NCC1(C(=O)NCc2ccn3ccnc3c2)CCOCC1. The molecule has 128 valence electrons. The van der Waals surface area contributed by atoms with E-state index in [1.165, 1.54) is 0 Å². The van der Waals surface area contributed by atoms with E-state index in [0.29, 0.717) is 39.1 Å². The van der Waals surface area contributed by atoms with Gasteiger partial charge in [-0.1, -0.05) is 0 Å². The van der Waals surface area contributed by atoms with Gasteiger partial charge in [0.2, 0.25) is 5.91 Å². The summed E-state index contributed by atoms with van der Waals surface area (Å²) in [5.41, 5.74) is 7.27. The number of pyridine rings is 1. The van der Waals surface area contributed by atoms with E-state index in [2.05, 4.69) is 10.3 Å². The lowest BCUT2D eigenvalue weighted by atomic mass is 9.79. The van der Waals surface area contributed by atoms with Crippen LogP contribution in [0.25, 0.3) is 5.65 Å². The number of carbonyl (C=O) groups is 1. The summed E-state index contributed by atoms with van der Waals surface area (Å²) >= 11 is 0. The van der Waals surface area contributed by atoms with Crippen molar-refractivity contribution in [1.82, 2.24) is 14.7 Å². The molecule has 3 rings (SSSR count). The van der Waals surface area contributed by atoms with Gasteiger partial charge in [-0.3, -0.25) is 4.79 Å². The molecule has 0 radical (unpaired) electrons. The topological polar surface area (TPSA) is 81.7 Å². The molecule has 1 fully saturated rings. The van der Waals surface area contributed by atoms with Crippen molar-refractivity contribution in [3.8, 4) is 0 Å². The number of aromatic nitrogens is 2. The fourth-order valence-electron chi connectivity index (χ4n) is 2.72. The monoisotopic (exact) mass is 360 g/mol. The summed E-state index contributed by atoms with van der Waals surface area (Å²) in [4.78, 5) is 16.7. The first-order valence-electron chi connectivity index (χ1n) is 7.21. The molecule has 0 unspecified atom stereocenters. The Morgan fingerprint density at radius 3 is 2.78 bits per heavy atom. The molecule has 2 aromatic rings. The highest BCUT2D eigenvalue weighted by Crippen LogP contribution is 2.29. The van der Waals surface area contributed by atoms with Gasteiger partial charge >= 0.3 is 0 Å². The highest BCUT2D eigenvalue weighted by atomic mass is 35.5. The number of amides is 1. The molecule has 3 heterocycles. The van der Waals surface area contributed by atoms with Crippen LogP contribution in [0, 0.1) is 5.41 Å². The molecule has 0 atom stereocenters. The van der Waals surface area contributed by atoms with Gasteiger partial charge in [0.25, 0.3) is 0 Å². The number of ether oxygens (including phenoxy) is 1. The van der Waals surface area contributed by atoms with Crippen molar-refractivity contribution < 1.29 is 9.53 Å². The Hall–Kier alpha value is -1.34. The Morgan fingerprint density at radius 1 is 1.35 bits per heavy atom. The minimum absolute atomic E-state index is 0. The van der Waals surface area contributed by atoms with Crippen molar-refractivity contribution >= 4 is 36.4 Å². The predicted octanol–water partition coefficient (Wildman–Crippen LogP) is 1.55. The third kappa shape index (κ3) is 4.14. The number of nitrogens with zero attached hydrogens (tertiary/aromatic N) is 2. The van der Waals surface area contributed by atoms with Crippen molar-refractivity contribution in [2.75, 3.05) is 19.8 Å². The third-order valence-corrected chi connectivity index (χ3v) is 4.24. The number of hydrogen-bond donors (Lipinski definition) is 2. The quantitative estimate of drug-likeness (QED) is 0.866. The van der Waals surface area contributed by atoms with Crippen LogP contribution in [0.4, 0.5) is 0 Å². The van der Waals surface area contributed by atoms with Crippen molar-refractivity contribution in [3.05, 3.63) is 36.3 Å². The number of nitrogens with two attached hydrogens (primary N) is 1. The molecule has 0 bridgehead atoms. The maximum Gasteiger partial charge on any atom is 0.227 e. The van der Waals surface area contributed by atoms with Crippen LogP contribution in [0.2, 0.25) is 0 Å². The number of nitrogens with one attached hydrogen (secondary N) is 1. The number of fused-ring (bicyclic) bond motifs is 1. The van der Waals surface area contributed by atoms with Gasteiger partial charge in [0.1, 0.15) is 5.65 Å². The summed E-state index contributed by atoms with van der Waals surface area (Å²) < 4.78 is 7.27. The second-order valence-corrected chi connectivity index (χ2v) is 5.51. The first kappa shape index (κ1) is 19.7. The standard InChI is InChI=1S/C15H20N4O2.2ClH/c16-11-15(2-7-21-8-3-15)14(20)18-10-12-1-5-19-6-4-17-13(19)9-12;;/h1,4-6,9H,2-3,7-8,10-11,16H2,(H,18,20);2*1H. The Balaban J connectivity index is 0.00000132. The molecule has 0 aromatic carbocycles. The number of rotatable bonds is 4. The molecule has 0 spiro atoms. The zero-order chi connectivity index (χ0) is 14.7. The van der Waals surface area contributed by atoms with Crippen LogP contribution in [-0.2, 0) is 16.1 Å². The van der Waals surface area contributed by atoms with Crippen molar-refractivity contribution in [3.63, 3.8) is 0 Å². The minimum Gasteiger partial charge on any atom is -0.381 e. The zero-order valence-corrected chi connectivity index (χ0v) is 14.4. The third-order valence-electron chi connectivity index (χ3n) is 4.24. The van der Waals surface area contributed by atoms with E-state index in [1.54, 1.807) is 6.20 Å². The van der Waals surface area contributed by atoms with Gasteiger partial charge in [0.15, 0.2) is 0 Å². The van der Waals surface area contributed by atoms with Crippen LogP contribution < -0.4 is 11.1 Å². The normalized spacial score (nSPS) is 16.2. The van der Waals surface area contributed by atoms with Gasteiger partial charge < -0.3 is 20.2 Å². The maximum absolute atomic E-state index is 12.5. The van der Waals surface area contributed by atoms with Gasteiger partial charge in [-0.25, -0.2) is 4.98 Å². The summed E-state index contributed by atoms with van der Waals surface area (Å²) in [6.07, 6.45) is 6.96. The van der Waals surface area contributed by atoms with Crippen LogP contribution in [0.5, 0.6) is 0 Å². The van der Waals surface area contributed by atoms with E-state index >= 15 is 0 Å². The first-order chi connectivity index (χ1) is 10.2. The Labute approximate surface area is 147 Å². The lowest BCUT2D eigenvalue weighted by Gasteiger charge is -2.34. The van der Waals surface area contributed by atoms with E-state index in [4.69, 9.17) is 10.5 Å². The number of carbonyl (C=O) groups excluding carboxylic acids is 1. The van der Waals surface area contributed by atoms with E-state index in [-0.39, 0.29) is 30.7 Å². The van der Waals surface area contributed by atoms with Crippen molar-refractivity contribution in [1.29, 1.82) is 0 Å². The largest absolute Gasteiger partial charge is 0.381 e. The molecular weight excluding hydrogens is 339 g/mol. The summed E-state index contributed by atoms with van der Waals surface area (Å²) in [5.74, 6) is 0.0246. The lowest BCUT2D eigenvalue weighted by molar-refractivity contribution is -0.136. The highest BCUT2D eigenvalue weighted by molar-refractivity contribution is 5.85. The number of hydrogen-bond acceptors (Lipinski definition) is 4. The van der Waals surface area contributed by atoms with Gasteiger partial charge in [-0.05, 0) is 30.5 Å². The molecular formula is C15H22Cl2N4O2.